The number of halogens is 1. The van der Waals surface area contributed by atoms with E-state index in [0.717, 1.165) is 11.9 Å². The lowest BCUT2D eigenvalue weighted by Gasteiger charge is -2.03. The number of methoxy groups -OCH3 is 1. The lowest BCUT2D eigenvalue weighted by Crippen LogP contribution is -2.00. The van der Waals surface area contributed by atoms with Gasteiger partial charge in [-0.05, 0) is 12.5 Å². The second-order valence-electron chi connectivity index (χ2n) is 3.99. The fraction of sp³-hybridized carbons (Fsp3) is 0.333. The summed E-state index contributed by atoms with van der Waals surface area (Å²) in [5.74, 6) is 0. The molecule has 0 spiro atoms. The van der Waals surface area contributed by atoms with Crippen molar-refractivity contribution in [2.24, 2.45) is 0 Å². The second-order valence-corrected chi connectivity index (χ2v) is 6.52. The quantitative estimate of drug-likeness (QED) is 0.627. The Bertz CT molecular complexity index is 648. The van der Waals surface area contributed by atoms with Gasteiger partial charge in [0.05, 0.1) is 0 Å². The average Bonchev–Trinajstić information content (AvgIpc) is 2.69. The molecule has 0 saturated carbocycles. The van der Waals surface area contributed by atoms with Crippen LogP contribution in [0.3, 0.4) is 0 Å². The maximum absolute atomic E-state index is 11.5. The molecule has 18 heavy (non-hydrogen) atoms. The van der Waals surface area contributed by atoms with E-state index in [9.17, 15) is 8.42 Å². The van der Waals surface area contributed by atoms with Gasteiger partial charge in [0.15, 0.2) is 0 Å². The Morgan fingerprint density at radius 1 is 1.33 bits per heavy atom. The van der Waals surface area contributed by atoms with Crippen LogP contribution in [0.15, 0.2) is 35.4 Å². The molecule has 0 radical (unpaired) electrons. The summed E-state index contributed by atoms with van der Waals surface area (Å²) in [4.78, 5) is 0.164. The summed E-state index contributed by atoms with van der Waals surface area (Å²) in [6.45, 7) is 1.33. The van der Waals surface area contributed by atoms with E-state index in [2.05, 4.69) is 0 Å². The Kier molecular flexibility index (Phi) is 3.94. The molecule has 2 rings (SSSR count). The number of ether oxygens (including phenoxy) is 1. The predicted molar refractivity (Wildman–Crippen MR) is 71.5 cm³/mol. The summed E-state index contributed by atoms with van der Waals surface area (Å²) in [7, 11) is 3.37. The van der Waals surface area contributed by atoms with Crippen molar-refractivity contribution >= 4 is 30.6 Å². The molecule has 0 aliphatic rings. The number of hydrogen-bond donors (Lipinski definition) is 0. The van der Waals surface area contributed by atoms with Crippen molar-refractivity contribution in [2.45, 2.75) is 17.9 Å². The van der Waals surface area contributed by atoms with Gasteiger partial charge in [0, 0.05) is 48.0 Å². The first-order valence-electron chi connectivity index (χ1n) is 5.55. The Morgan fingerprint density at radius 3 is 2.72 bits per heavy atom. The number of hydrogen-bond acceptors (Lipinski definition) is 3. The summed E-state index contributed by atoms with van der Waals surface area (Å²) in [5.41, 5.74) is 0.868. The van der Waals surface area contributed by atoms with Crippen LogP contribution < -0.4 is 0 Å². The van der Waals surface area contributed by atoms with Gasteiger partial charge >= 0.3 is 0 Å². The van der Waals surface area contributed by atoms with Crippen molar-refractivity contribution in [2.75, 3.05) is 13.7 Å². The van der Waals surface area contributed by atoms with Crippen LogP contribution in [0.1, 0.15) is 6.42 Å². The Labute approximate surface area is 111 Å². The molecular formula is C12H14ClNO3S. The molecule has 0 unspecified atom stereocenters. The number of rotatable bonds is 5. The minimum atomic E-state index is -3.72. The van der Waals surface area contributed by atoms with Gasteiger partial charge in [-0.3, -0.25) is 0 Å². The molecule has 1 aromatic carbocycles. The third kappa shape index (κ3) is 2.68. The molecule has 0 saturated heterocycles. The van der Waals surface area contributed by atoms with E-state index in [0.29, 0.717) is 18.5 Å². The van der Waals surface area contributed by atoms with Crippen molar-refractivity contribution in [1.82, 2.24) is 4.57 Å². The highest BCUT2D eigenvalue weighted by Gasteiger charge is 2.17. The summed E-state index contributed by atoms with van der Waals surface area (Å²) < 4.78 is 29.9. The van der Waals surface area contributed by atoms with Crippen molar-refractivity contribution in [1.29, 1.82) is 0 Å². The van der Waals surface area contributed by atoms with Gasteiger partial charge in [0.25, 0.3) is 9.05 Å². The largest absolute Gasteiger partial charge is 0.385 e. The maximum Gasteiger partial charge on any atom is 0.263 e. The molecule has 1 aromatic heterocycles. The normalized spacial score (nSPS) is 12.1. The molecule has 98 valence electrons. The molecule has 4 nitrogen and oxygen atoms in total. The van der Waals surface area contributed by atoms with E-state index in [1.807, 2.05) is 16.7 Å². The van der Waals surface area contributed by atoms with E-state index >= 15 is 0 Å². The number of para-hydroxylation sites is 1. The lowest BCUT2D eigenvalue weighted by atomic mass is 10.2. The van der Waals surface area contributed by atoms with E-state index in [-0.39, 0.29) is 4.90 Å². The first kappa shape index (κ1) is 13.4. The van der Waals surface area contributed by atoms with Gasteiger partial charge in [-0.15, -0.1) is 0 Å². The fourth-order valence-electron chi connectivity index (χ4n) is 1.97. The average molecular weight is 288 g/mol. The smallest absolute Gasteiger partial charge is 0.263 e. The molecule has 2 aromatic rings. The van der Waals surface area contributed by atoms with Crippen molar-refractivity contribution < 1.29 is 13.2 Å². The van der Waals surface area contributed by atoms with E-state index in [4.69, 9.17) is 15.4 Å². The molecule has 0 fully saturated rings. The molecule has 1 heterocycles. The zero-order chi connectivity index (χ0) is 13.2. The number of aromatic nitrogens is 1. The molecule has 0 aliphatic carbocycles. The van der Waals surface area contributed by atoms with E-state index in [1.165, 1.54) is 0 Å². The highest BCUT2D eigenvalue weighted by molar-refractivity contribution is 8.14. The van der Waals surface area contributed by atoms with Gasteiger partial charge in [0.1, 0.15) is 4.90 Å². The maximum atomic E-state index is 11.5. The number of fused-ring (bicyclic) bond motifs is 1. The highest BCUT2D eigenvalue weighted by Crippen LogP contribution is 2.27. The Balaban J connectivity index is 2.48. The minimum absolute atomic E-state index is 0.164. The summed E-state index contributed by atoms with van der Waals surface area (Å²) in [6.07, 6.45) is 2.40. The zero-order valence-corrected chi connectivity index (χ0v) is 11.5. The molecule has 6 heteroatoms. The van der Waals surface area contributed by atoms with Gasteiger partial charge in [0.2, 0.25) is 0 Å². The Morgan fingerprint density at radius 2 is 2.06 bits per heavy atom. The third-order valence-electron chi connectivity index (χ3n) is 2.76. The van der Waals surface area contributed by atoms with Crippen LogP contribution in [-0.2, 0) is 20.3 Å². The molecule has 0 amide bonds. The molecular weight excluding hydrogens is 274 g/mol. The summed E-state index contributed by atoms with van der Waals surface area (Å²) in [5, 5.41) is 0.657. The van der Waals surface area contributed by atoms with Crippen LogP contribution in [-0.4, -0.2) is 26.7 Å². The number of benzene rings is 1. The van der Waals surface area contributed by atoms with Gasteiger partial charge in [-0.1, -0.05) is 18.2 Å². The van der Waals surface area contributed by atoms with Crippen LogP contribution in [0.25, 0.3) is 10.9 Å². The van der Waals surface area contributed by atoms with Gasteiger partial charge < -0.3 is 9.30 Å². The SMILES string of the molecule is COCCCn1cc(S(=O)(=O)Cl)c2ccccc21. The number of aryl methyl sites for hydroxylation is 1. The molecule has 0 bridgehead atoms. The van der Waals surface area contributed by atoms with Gasteiger partial charge in [-0.25, -0.2) is 8.42 Å². The predicted octanol–water partition coefficient (Wildman–Crippen LogP) is 2.61. The van der Waals surface area contributed by atoms with Crippen LogP contribution >= 0.6 is 10.7 Å². The van der Waals surface area contributed by atoms with Crippen molar-refractivity contribution in [3.63, 3.8) is 0 Å². The standard InChI is InChI=1S/C12H14ClNO3S/c1-17-8-4-7-14-9-12(18(13,15)16)10-5-2-3-6-11(10)14/h2-3,5-6,9H,4,7-8H2,1H3. The lowest BCUT2D eigenvalue weighted by molar-refractivity contribution is 0.190. The molecule has 0 aliphatic heterocycles. The number of nitrogens with zero attached hydrogens (tertiary/aromatic N) is 1. The van der Waals surface area contributed by atoms with Crippen LogP contribution in [0.2, 0.25) is 0 Å². The summed E-state index contributed by atoms with van der Waals surface area (Å²) in [6, 6.07) is 7.32. The highest BCUT2D eigenvalue weighted by atomic mass is 35.7. The molecule has 0 atom stereocenters. The first-order chi connectivity index (χ1) is 8.54. The van der Waals surface area contributed by atoms with Crippen LogP contribution in [0, 0.1) is 0 Å². The Hall–Kier alpha value is -1.04. The topological polar surface area (TPSA) is 48.3 Å². The fourth-order valence-corrected chi connectivity index (χ4v) is 3.03. The third-order valence-corrected chi connectivity index (χ3v) is 4.11. The van der Waals surface area contributed by atoms with Crippen LogP contribution in [0.5, 0.6) is 0 Å². The van der Waals surface area contributed by atoms with Crippen molar-refractivity contribution in [3.05, 3.63) is 30.5 Å². The molecule has 0 N–H and O–H groups in total. The second kappa shape index (κ2) is 5.30. The van der Waals surface area contributed by atoms with Gasteiger partial charge in [-0.2, -0.15) is 0 Å². The van der Waals surface area contributed by atoms with Crippen molar-refractivity contribution in [3.8, 4) is 0 Å². The monoisotopic (exact) mass is 287 g/mol. The first-order valence-corrected chi connectivity index (χ1v) is 7.86. The van der Waals surface area contributed by atoms with Crippen LogP contribution in [0.4, 0.5) is 0 Å². The van der Waals surface area contributed by atoms with E-state index < -0.39 is 9.05 Å². The summed E-state index contributed by atoms with van der Waals surface area (Å²) >= 11 is 0. The minimum Gasteiger partial charge on any atom is -0.385 e. The zero-order valence-electron chi connectivity index (χ0n) is 9.97. The van der Waals surface area contributed by atoms with E-state index in [1.54, 1.807) is 25.4 Å².